The molecule has 0 fully saturated rings. The molecule has 0 spiro atoms. The van der Waals surface area contributed by atoms with Gasteiger partial charge in [0.25, 0.3) is 0 Å². The first kappa shape index (κ1) is 28.0. The normalized spacial score (nSPS) is 10.6. The van der Waals surface area contributed by atoms with Crippen molar-refractivity contribution in [2.24, 2.45) is 5.73 Å². The average Bonchev–Trinajstić information content (AvgIpc) is 3.34. The molecule has 2 aromatic carbocycles. The van der Waals surface area contributed by atoms with Crippen molar-refractivity contribution in [2.75, 3.05) is 6.54 Å². The number of pyridine rings is 2. The minimum absolute atomic E-state index is 0.0770. The maximum atomic E-state index is 13.9. The van der Waals surface area contributed by atoms with E-state index < -0.39 is 0 Å². The van der Waals surface area contributed by atoms with Gasteiger partial charge >= 0.3 is 0 Å². The summed E-state index contributed by atoms with van der Waals surface area (Å²) in [6.07, 6.45) is 6.02. The molecule has 2 amide bonds. The second kappa shape index (κ2) is 12.7. The largest absolute Gasteiger partial charge is 0.370 e. The molecule has 5 aromatic rings. The van der Waals surface area contributed by atoms with Gasteiger partial charge in [-0.25, -0.2) is 13.8 Å². The number of amides is 2. The van der Waals surface area contributed by atoms with Crippen molar-refractivity contribution in [2.45, 2.75) is 26.8 Å². The fourth-order valence-electron chi connectivity index (χ4n) is 4.24. The zero-order valence-corrected chi connectivity index (χ0v) is 22.1. The molecule has 40 heavy (non-hydrogen) atoms. The zero-order valence-electron chi connectivity index (χ0n) is 22.1. The predicted molar refractivity (Wildman–Crippen MR) is 150 cm³/mol. The van der Waals surface area contributed by atoms with Gasteiger partial charge in [-0.05, 0) is 66.1 Å². The highest BCUT2D eigenvalue weighted by Crippen LogP contribution is 2.42. The SMILES string of the molecule is CC(=O)NCCCn1cc2c(-c3ccc(F)cc3)c(-c3ccncc3)c(-c3ccc(F)cc3)nc2n1.CC(N)=O. The van der Waals surface area contributed by atoms with Gasteiger partial charge < -0.3 is 11.1 Å². The number of fused-ring (bicyclic) bond motifs is 1. The van der Waals surface area contributed by atoms with Crippen LogP contribution in [0.2, 0.25) is 0 Å². The molecule has 0 unspecified atom stereocenters. The number of aromatic nitrogens is 4. The maximum Gasteiger partial charge on any atom is 0.216 e. The molecule has 0 radical (unpaired) electrons. The highest BCUT2D eigenvalue weighted by atomic mass is 19.1. The van der Waals surface area contributed by atoms with Crippen LogP contribution in [0.1, 0.15) is 20.3 Å². The van der Waals surface area contributed by atoms with Gasteiger partial charge in [-0.15, -0.1) is 0 Å². The lowest BCUT2D eigenvalue weighted by Crippen LogP contribution is -2.22. The van der Waals surface area contributed by atoms with Crippen LogP contribution in [0.3, 0.4) is 0 Å². The number of primary amides is 1. The Kier molecular flexibility index (Phi) is 8.90. The van der Waals surface area contributed by atoms with Crippen LogP contribution in [-0.4, -0.2) is 38.1 Å². The molecule has 0 atom stereocenters. The standard InChI is InChI=1S/C28H23F2N5O.C2H5NO/c1-18(36)32-13-2-16-35-17-24-25(19-3-7-22(29)8-4-19)26(20-11-14-31-15-12-20)27(33-28(24)34-35)21-5-9-23(30)10-6-21;1-2(3)4/h3-12,14-15,17H,2,13,16H2,1H3,(H,32,36);1H3,(H2,3,4). The minimum Gasteiger partial charge on any atom is -0.370 e. The highest BCUT2D eigenvalue weighted by Gasteiger charge is 2.22. The van der Waals surface area contributed by atoms with E-state index >= 15 is 0 Å². The summed E-state index contributed by atoms with van der Waals surface area (Å²) in [5.74, 6) is -1.08. The van der Waals surface area contributed by atoms with Crippen LogP contribution in [0.15, 0.2) is 79.3 Å². The van der Waals surface area contributed by atoms with Gasteiger partial charge in [-0.1, -0.05) is 12.1 Å². The summed E-state index contributed by atoms with van der Waals surface area (Å²) in [4.78, 5) is 29.5. The van der Waals surface area contributed by atoms with E-state index in [1.54, 1.807) is 41.3 Å². The van der Waals surface area contributed by atoms with Gasteiger partial charge in [0.1, 0.15) is 11.6 Å². The van der Waals surface area contributed by atoms with Crippen molar-refractivity contribution < 1.29 is 18.4 Å². The topological polar surface area (TPSA) is 116 Å². The second-order valence-corrected chi connectivity index (χ2v) is 9.04. The number of halogens is 2. The lowest BCUT2D eigenvalue weighted by Gasteiger charge is -2.16. The Bertz CT molecular complexity index is 1610. The van der Waals surface area contributed by atoms with Crippen LogP contribution in [-0.2, 0) is 16.1 Å². The molecular weight excluding hydrogens is 514 g/mol. The van der Waals surface area contributed by atoms with E-state index in [4.69, 9.17) is 10.1 Å². The van der Waals surface area contributed by atoms with Gasteiger partial charge in [0.15, 0.2) is 5.65 Å². The Morgan fingerprint density at radius 2 is 1.40 bits per heavy atom. The molecule has 204 valence electrons. The monoisotopic (exact) mass is 542 g/mol. The number of hydrogen-bond acceptors (Lipinski definition) is 5. The fourth-order valence-corrected chi connectivity index (χ4v) is 4.24. The number of nitrogens with zero attached hydrogens (tertiary/aromatic N) is 4. The lowest BCUT2D eigenvalue weighted by molar-refractivity contribution is -0.119. The molecule has 0 aliphatic rings. The molecule has 0 saturated carbocycles. The van der Waals surface area contributed by atoms with Gasteiger partial charge in [0, 0.05) is 67.6 Å². The number of nitrogens with one attached hydrogen (secondary N) is 1. The first-order chi connectivity index (χ1) is 19.2. The molecule has 0 bridgehead atoms. The Hall–Kier alpha value is -4.99. The van der Waals surface area contributed by atoms with Crippen molar-refractivity contribution in [1.82, 2.24) is 25.1 Å². The highest BCUT2D eigenvalue weighted by molar-refractivity contribution is 6.05. The van der Waals surface area contributed by atoms with E-state index in [-0.39, 0.29) is 23.4 Å². The number of nitrogens with two attached hydrogens (primary N) is 1. The van der Waals surface area contributed by atoms with Crippen LogP contribution in [0.5, 0.6) is 0 Å². The van der Waals surface area contributed by atoms with E-state index in [1.807, 2.05) is 18.3 Å². The van der Waals surface area contributed by atoms with Crippen molar-refractivity contribution in [3.05, 3.63) is 90.9 Å². The van der Waals surface area contributed by atoms with Crippen molar-refractivity contribution in [3.63, 3.8) is 0 Å². The van der Waals surface area contributed by atoms with Gasteiger partial charge in [0.05, 0.1) is 5.69 Å². The first-order valence-corrected chi connectivity index (χ1v) is 12.6. The number of hydrogen-bond donors (Lipinski definition) is 2. The number of rotatable bonds is 7. The number of carbonyl (C=O) groups is 2. The smallest absolute Gasteiger partial charge is 0.216 e. The quantitative estimate of drug-likeness (QED) is 0.277. The molecule has 5 rings (SSSR count). The summed E-state index contributed by atoms with van der Waals surface area (Å²) >= 11 is 0. The van der Waals surface area contributed by atoms with Crippen LogP contribution in [0, 0.1) is 11.6 Å². The summed E-state index contributed by atoms with van der Waals surface area (Å²) in [7, 11) is 0. The molecule has 0 aliphatic heterocycles. The van der Waals surface area contributed by atoms with Crippen LogP contribution < -0.4 is 11.1 Å². The van der Waals surface area contributed by atoms with E-state index in [9.17, 15) is 18.4 Å². The molecule has 3 aromatic heterocycles. The van der Waals surface area contributed by atoms with Crippen LogP contribution in [0.4, 0.5) is 8.78 Å². The van der Waals surface area contributed by atoms with Crippen molar-refractivity contribution >= 4 is 22.8 Å². The Morgan fingerprint density at radius 3 is 1.98 bits per heavy atom. The number of carbonyl (C=O) groups excluding carboxylic acids is 2. The summed E-state index contributed by atoms with van der Waals surface area (Å²) in [6.45, 7) is 3.90. The summed E-state index contributed by atoms with van der Waals surface area (Å²) in [5, 5.41) is 8.30. The zero-order chi connectivity index (χ0) is 28.6. The molecule has 3 heterocycles. The van der Waals surface area contributed by atoms with Crippen LogP contribution in [0.25, 0.3) is 44.5 Å². The van der Waals surface area contributed by atoms with E-state index in [0.29, 0.717) is 30.9 Å². The maximum absolute atomic E-state index is 13.9. The Morgan fingerprint density at radius 1 is 0.850 bits per heavy atom. The summed E-state index contributed by atoms with van der Waals surface area (Å²) < 4.78 is 29.4. The third-order valence-corrected chi connectivity index (χ3v) is 5.87. The predicted octanol–water partition coefficient (Wildman–Crippen LogP) is 5.12. The molecule has 3 N–H and O–H groups in total. The number of aryl methyl sites for hydroxylation is 1. The Balaban J connectivity index is 0.000000867. The third-order valence-electron chi connectivity index (χ3n) is 5.87. The van der Waals surface area contributed by atoms with Crippen molar-refractivity contribution in [3.8, 4) is 33.5 Å². The van der Waals surface area contributed by atoms with E-state index in [2.05, 4.69) is 16.0 Å². The molecular formula is C30H28F2N6O2. The van der Waals surface area contributed by atoms with Crippen LogP contribution >= 0.6 is 0 Å². The van der Waals surface area contributed by atoms with Gasteiger partial charge in [-0.2, -0.15) is 5.10 Å². The third kappa shape index (κ3) is 6.90. The first-order valence-electron chi connectivity index (χ1n) is 12.6. The lowest BCUT2D eigenvalue weighted by atomic mass is 9.90. The van der Waals surface area contributed by atoms with Gasteiger partial charge in [-0.3, -0.25) is 19.3 Å². The van der Waals surface area contributed by atoms with Gasteiger partial charge in [0.2, 0.25) is 11.8 Å². The number of benzene rings is 2. The molecule has 8 nitrogen and oxygen atoms in total. The molecule has 10 heteroatoms. The van der Waals surface area contributed by atoms with Crippen molar-refractivity contribution in [1.29, 1.82) is 0 Å². The van der Waals surface area contributed by atoms with E-state index in [1.165, 1.54) is 38.1 Å². The summed E-state index contributed by atoms with van der Waals surface area (Å²) in [5.41, 5.74) is 9.70. The minimum atomic E-state index is -0.340. The second-order valence-electron chi connectivity index (χ2n) is 9.04. The molecule has 0 saturated heterocycles. The summed E-state index contributed by atoms with van der Waals surface area (Å²) in [6, 6.07) is 16.3. The Labute approximate surface area is 229 Å². The van der Waals surface area contributed by atoms with E-state index in [0.717, 1.165) is 33.2 Å². The average molecular weight is 543 g/mol. The fraction of sp³-hybridized carbons (Fsp3) is 0.167. The molecule has 0 aliphatic carbocycles.